The second-order valence-corrected chi connectivity index (χ2v) is 11.2. The van der Waals surface area contributed by atoms with Gasteiger partial charge in [-0.05, 0) is 31.4 Å². The Bertz CT molecular complexity index is 965. The summed E-state index contributed by atoms with van der Waals surface area (Å²) in [6.45, 7) is 6.39. The van der Waals surface area contributed by atoms with E-state index in [4.69, 9.17) is 9.47 Å². The Hall–Kier alpha value is -2.36. The molecule has 0 spiro atoms. The predicted octanol–water partition coefficient (Wildman–Crippen LogP) is 10.8. The molecule has 0 aromatic heterocycles. The van der Waals surface area contributed by atoms with Gasteiger partial charge in [0.05, 0.1) is 0 Å². The second-order valence-electron chi connectivity index (χ2n) is 11.2. The quantitative estimate of drug-likeness (QED) is 0.0849. The van der Waals surface area contributed by atoms with E-state index in [1.54, 1.807) is 0 Å². The van der Waals surface area contributed by atoms with Crippen LogP contribution in [0.5, 0.6) is 11.5 Å². The molecule has 0 saturated carbocycles. The molecule has 0 aliphatic carbocycles. The number of hydrogen-bond acceptors (Lipinski definition) is 4. The summed E-state index contributed by atoms with van der Waals surface area (Å²) < 4.78 is 11.6. The number of fused-ring (bicyclic) bond motifs is 1. The fraction of sp³-hybridized carbons (Fsp3) is 0.657. The van der Waals surface area contributed by atoms with Crippen molar-refractivity contribution in [2.24, 2.45) is 0 Å². The lowest BCUT2D eigenvalue weighted by molar-refractivity contribution is -0.135. The maximum Gasteiger partial charge on any atom is 0.311 e. The van der Waals surface area contributed by atoms with Crippen molar-refractivity contribution >= 4 is 22.7 Å². The van der Waals surface area contributed by atoms with Crippen molar-refractivity contribution in [3.8, 4) is 11.5 Å². The van der Waals surface area contributed by atoms with Crippen LogP contribution in [-0.4, -0.2) is 11.9 Å². The van der Waals surface area contributed by atoms with Gasteiger partial charge in [0.15, 0.2) is 0 Å². The molecule has 0 atom stereocenters. The summed E-state index contributed by atoms with van der Waals surface area (Å²) >= 11 is 0. The molecule has 218 valence electrons. The van der Waals surface area contributed by atoms with Crippen LogP contribution in [0.1, 0.15) is 148 Å². The van der Waals surface area contributed by atoms with Crippen LogP contribution < -0.4 is 9.47 Å². The van der Waals surface area contributed by atoms with Crippen LogP contribution in [0.3, 0.4) is 0 Å². The van der Waals surface area contributed by atoms with Crippen molar-refractivity contribution in [2.45, 2.75) is 149 Å². The Labute approximate surface area is 238 Å². The lowest BCUT2D eigenvalue weighted by atomic mass is 10.0. The van der Waals surface area contributed by atoms with Gasteiger partial charge in [-0.25, -0.2) is 0 Å². The summed E-state index contributed by atoms with van der Waals surface area (Å²) in [6.07, 6.45) is 22.7. The van der Waals surface area contributed by atoms with E-state index in [1.807, 2.05) is 37.3 Å². The summed E-state index contributed by atoms with van der Waals surface area (Å²) in [5.74, 6) is 0.729. The van der Waals surface area contributed by atoms with E-state index in [0.29, 0.717) is 24.3 Å². The predicted molar refractivity (Wildman–Crippen MR) is 164 cm³/mol. The highest BCUT2D eigenvalue weighted by atomic mass is 16.5. The van der Waals surface area contributed by atoms with Gasteiger partial charge in [-0.2, -0.15) is 0 Å². The topological polar surface area (TPSA) is 52.6 Å². The zero-order valence-electron chi connectivity index (χ0n) is 25.2. The Morgan fingerprint density at radius 1 is 0.564 bits per heavy atom. The number of hydrogen-bond donors (Lipinski definition) is 0. The zero-order valence-corrected chi connectivity index (χ0v) is 25.2. The minimum atomic E-state index is -0.197. The van der Waals surface area contributed by atoms with Gasteiger partial charge in [-0.1, -0.05) is 141 Å². The molecule has 0 bridgehead atoms. The van der Waals surface area contributed by atoms with Crippen LogP contribution in [0, 0.1) is 6.92 Å². The molecule has 0 radical (unpaired) electrons. The van der Waals surface area contributed by atoms with Crippen LogP contribution >= 0.6 is 0 Å². The van der Waals surface area contributed by atoms with E-state index < -0.39 is 0 Å². The first-order chi connectivity index (χ1) is 19.1. The van der Waals surface area contributed by atoms with Crippen LogP contribution in [0.15, 0.2) is 30.3 Å². The fourth-order valence-corrected chi connectivity index (χ4v) is 5.17. The summed E-state index contributed by atoms with van der Waals surface area (Å²) in [5.41, 5.74) is 0.806. The third kappa shape index (κ3) is 13.5. The van der Waals surface area contributed by atoms with Crippen LogP contribution in [0.2, 0.25) is 0 Å². The normalized spacial score (nSPS) is 11.2. The van der Waals surface area contributed by atoms with E-state index in [0.717, 1.165) is 42.0 Å². The summed E-state index contributed by atoms with van der Waals surface area (Å²) in [6, 6.07) is 9.53. The van der Waals surface area contributed by atoms with E-state index in [-0.39, 0.29) is 11.9 Å². The maximum absolute atomic E-state index is 12.6. The van der Waals surface area contributed by atoms with Gasteiger partial charge in [0.2, 0.25) is 0 Å². The Morgan fingerprint density at radius 2 is 0.974 bits per heavy atom. The molecule has 0 unspecified atom stereocenters. The Kier molecular flexibility index (Phi) is 17.3. The minimum absolute atomic E-state index is 0.193. The van der Waals surface area contributed by atoms with E-state index in [9.17, 15) is 9.59 Å². The van der Waals surface area contributed by atoms with Crippen LogP contribution in [0.4, 0.5) is 0 Å². The maximum atomic E-state index is 12.6. The fourth-order valence-electron chi connectivity index (χ4n) is 5.17. The number of carbonyl (C=O) groups is 2. The molecule has 4 heteroatoms. The first kappa shape index (κ1) is 32.8. The van der Waals surface area contributed by atoms with Gasteiger partial charge >= 0.3 is 11.9 Å². The number of aryl methyl sites for hydroxylation is 1. The van der Waals surface area contributed by atoms with Crippen LogP contribution in [-0.2, 0) is 9.59 Å². The average molecular weight is 539 g/mol. The lowest BCUT2D eigenvalue weighted by Crippen LogP contribution is -2.11. The van der Waals surface area contributed by atoms with Gasteiger partial charge < -0.3 is 9.47 Å². The first-order valence-corrected chi connectivity index (χ1v) is 16.0. The highest BCUT2D eigenvalue weighted by Crippen LogP contribution is 2.37. The molecule has 4 nitrogen and oxygen atoms in total. The molecule has 0 aliphatic heterocycles. The number of carbonyl (C=O) groups excluding carboxylic acids is 2. The highest BCUT2D eigenvalue weighted by molar-refractivity contribution is 5.97. The molecule has 0 aliphatic rings. The SMILES string of the molecule is CCCCCCCCCCCC(=O)Oc1cc(C)c(OC(=O)CCCCCCCCCCC)c2ccccc12. The molecule has 2 rings (SSSR count). The number of rotatable bonds is 22. The molecular weight excluding hydrogens is 484 g/mol. The smallest absolute Gasteiger partial charge is 0.311 e. The Balaban J connectivity index is 1.79. The highest BCUT2D eigenvalue weighted by Gasteiger charge is 2.17. The summed E-state index contributed by atoms with van der Waals surface area (Å²) in [5, 5.41) is 1.61. The van der Waals surface area contributed by atoms with Gasteiger partial charge in [-0.15, -0.1) is 0 Å². The Morgan fingerprint density at radius 3 is 1.46 bits per heavy atom. The molecule has 0 amide bonds. The number of ether oxygens (including phenoxy) is 2. The number of benzene rings is 2. The average Bonchev–Trinajstić information content (AvgIpc) is 2.93. The molecule has 2 aromatic carbocycles. The molecule has 39 heavy (non-hydrogen) atoms. The molecule has 2 aromatic rings. The molecule has 0 heterocycles. The third-order valence-corrected chi connectivity index (χ3v) is 7.55. The molecule has 0 fully saturated rings. The van der Waals surface area contributed by atoms with Crippen molar-refractivity contribution in [3.05, 3.63) is 35.9 Å². The minimum Gasteiger partial charge on any atom is -0.426 e. The van der Waals surface area contributed by atoms with Gasteiger partial charge in [0.1, 0.15) is 11.5 Å². The summed E-state index contributed by atoms with van der Waals surface area (Å²) in [4.78, 5) is 25.2. The third-order valence-electron chi connectivity index (χ3n) is 7.55. The van der Waals surface area contributed by atoms with Gasteiger partial charge in [0.25, 0.3) is 0 Å². The summed E-state index contributed by atoms with van der Waals surface area (Å²) in [7, 11) is 0. The molecule has 0 N–H and O–H groups in total. The van der Waals surface area contributed by atoms with E-state index >= 15 is 0 Å². The van der Waals surface area contributed by atoms with Crippen molar-refractivity contribution in [1.82, 2.24) is 0 Å². The van der Waals surface area contributed by atoms with Crippen molar-refractivity contribution in [3.63, 3.8) is 0 Å². The largest absolute Gasteiger partial charge is 0.426 e. The van der Waals surface area contributed by atoms with Crippen molar-refractivity contribution < 1.29 is 19.1 Å². The van der Waals surface area contributed by atoms with Gasteiger partial charge in [-0.3, -0.25) is 9.59 Å². The number of unbranched alkanes of at least 4 members (excludes halogenated alkanes) is 16. The van der Waals surface area contributed by atoms with Crippen molar-refractivity contribution in [1.29, 1.82) is 0 Å². The second kappa shape index (κ2) is 20.5. The first-order valence-electron chi connectivity index (χ1n) is 16.0. The molecular formula is C35H54O4. The van der Waals surface area contributed by atoms with E-state index in [1.165, 1.54) is 89.9 Å². The van der Waals surface area contributed by atoms with Crippen LogP contribution in [0.25, 0.3) is 10.8 Å². The monoisotopic (exact) mass is 538 g/mol. The zero-order chi connectivity index (χ0) is 28.1. The van der Waals surface area contributed by atoms with Crippen molar-refractivity contribution in [2.75, 3.05) is 0 Å². The molecule has 0 saturated heterocycles. The standard InChI is InChI=1S/C35H54O4/c1-4-6-8-10-12-14-16-18-20-26-33(36)38-32-28-29(3)35(31-25-23-22-24-30(31)32)39-34(37)27-21-19-17-15-13-11-9-7-5-2/h22-25,28H,4-21,26-27H2,1-3H3. The lowest BCUT2D eigenvalue weighted by Gasteiger charge is -2.15. The van der Waals surface area contributed by atoms with E-state index in [2.05, 4.69) is 13.8 Å². The van der Waals surface area contributed by atoms with Gasteiger partial charge in [0, 0.05) is 23.6 Å². The number of esters is 2.